The van der Waals surface area contributed by atoms with Gasteiger partial charge in [-0.15, -0.1) is 0 Å². The number of hydrogen-bond acceptors (Lipinski definition) is 3. The molecule has 0 radical (unpaired) electrons. The highest BCUT2D eigenvalue weighted by atomic mass is 19.1. The SMILES string of the molecule is CNCC1(CN(C)c2cccc(F)c2)CCOC1. The van der Waals surface area contributed by atoms with Crippen molar-refractivity contribution in [3.63, 3.8) is 0 Å². The number of halogens is 1. The summed E-state index contributed by atoms with van der Waals surface area (Å²) in [5, 5.41) is 3.24. The fourth-order valence-electron chi connectivity index (χ4n) is 2.65. The Morgan fingerprint density at radius 1 is 1.50 bits per heavy atom. The van der Waals surface area contributed by atoms with E-state index >= 15 is 0 Å². The largest absolute Gasteiger partial charge is 0.381 e. The molecule has 2 rings (SSSR count). The van der Waals surface area contributed by atoms with Gasteiger partial charge in [0.15, 0.2) is 0 Å². The van der Waals surface area contributed by atoms with Gasteiger partial charge >= 0.3 is 0 Å². The third-order valence-electron chi connectivity index (χ3n) is 3.56. The molecule has 1 unspecified atom stereocenters. The quantitative estimate of drug-likeness (QED) is 0.866. The number of ether oxygens (including phenoxy) is 1. The second kappa shape index (κ2) is 5.67. The summed E-state index contributed by atoms with van der Waals surface area (Å²) < 4.78 is 18.8. The number of anilines is 1. The molecule has 1 saturated heterocycles. The molecule has 1 aromatic carbocycles. The van der Waals surface area contributed by atoms with Crippen LogP contribution in [0.15, 0.2) is 24.3 Å². The van der Waals surface area contributed by atoms with Crippen molar-refractivity contribution in [2.45, 2.75) is 6.42 Å². The van der Waals surface area contributed by atoms with Crippen LogP contribution in [-0.2, 0) is 4.74 Å². The number of rotatable bonds is 5. The maximum atomic E-state index is 13.2. The van der Waals surface area contributed by atoms with E-state index in [4.69, 9.17) is 4.74 Å². The van der Waals surface area contributed by atoms with Crippen LogP contribution in [0.3, 0.4) is 0 Å². The molecule has 1 N–H and O–H groups in total. The first-order valence-corrected chi connectivity index (χ1v) is 6.34. The molecule has 1 atom stereocenters. The molecule has 18 heavy (non-hydrogen) atoms. The van der Waals surface area contributed by atoms with E-state index in [2.05, 4.69) is 10.2 Å². The van der Waals surface area contributed by atoms with E-state index in [0.717, 1.165) is 38.4 Å². The number of nitrogens with zero attached hydrogens (tertiary/aromatic N) is 1. The first kappa shape index (κ1) is 13.3. The maximum Gasteiger partial charge on any atom is 0.125 e. The van der Waals surface area contributed by atoms with Gasteiger partial charge in [0.2, 0.25) is 0 Å². The molecule has 0 spiro atoms. The van der Waals surface area contributed by atoms with Crippen molar-refractivity contribution in [2.24, 2.45) is 5.41 Å². The van der Waals surface area contributed by atoms with Crippen molar-refractivity contribution >= 4 is 5.69 Å². The van der Waals surface area contributed by atoms with Gasteiger partial charge in [-0.25, -0.2) is 4.39 Å². The molecule has 3 nitrogen and oxygen atoms in total. The van der Waals surface area contributed by atoms with E-state index in [9.17, 15) is 4.39 Å². The van der Waals surface area contributed by atoms with Gasteiger partial charge in [0.05, 0.1) is 6.61 Å². The van der Waals surface area contributed by atoms with Gasteiger partial charge in [-0.2, -0.15) is 0 Å². The van der Waals surface area contributed by atoms with E-state index in [1.165, 1.54) is 6.07 Å². The van der Waals surface area contributed by atoms with Gasteiger partial charge in [-0.1, -0.05) is 6.07 Å². The Morgan fingerprint density at radius 3 is 2.94 bits per heavy atom. The Balaban J connectivity index is 2.07. The van der Waals surface area contributed by atoms with Crippen molar-refractivity contribution in [1.29, 1.82) is 0 Å². The molecule has 0 aromatic heterocycles. The Morgan fingerprint density at radius 2 is 2.33 bits per heavy atom. The summed E-state index contributed by atoms with van der Waals surface area (Å²) in [6.45, 7) is 3.39. The molecule has 4 heteroatoms. The van der Waals surface area contributed by atoms with Crippen molar-refractivity contribution in [3.05, 3.63) is 30.1 Å². The standard InChI is InChI=1S/C14H21FN2O/c1-16-9-14(6-7-18-11-14)10-17(2)13-5-3-4-12(15)8-13/h3-5,8,16H,6-7,9-11H2,1-2H3. The van der Waals surface area contributed by atoms with Crippen molar-refractivity contribution in [1.82, 2.24) is 5.32 Å². The lowest BCUT2D eigenvalue weighted by Gasteiger charge is -2.33. The van der Waals surface area contributed by atoms with Crippen LogP contribution in [0.5, 0.6) is 0 Å². The minimum Gasteiger partial charge on any atom is -0.381 e. The smallest absolute Gasteiger partial charge is 0.125 e. The molecule has 0 amide bonds. The van der Waals surface area contributed by atoms with Crippen LogP contribution in [0, 0.1) is 11.2 Å². The molecule has 1 aliphatic heterocycles. The van der Waals surface area contributed by atoms with E-state index < -0.39 is 0 Å². The number of nitrogens with one attached hydrogen (secondary N) is 1. The molecule has 1 heterocycles. The zero-order valence-electron chi connectivity index (χ0n) is 11.1. The van der Waals surface area contributed by atoms with Gasteiger partial charge in [0.25, 0.3) is 0 Å². The van der Waals surface area contributed by atoms with Crippen LogP contribution in [0.25, 0.3) is 0 Å². The van der Waals surface area contributed by atoms with Crippen molar-refractivity contribution in [2.75, 3.05) is 45.3 Å². The zero-order valence-corrected chi connectivity index (χ0v) is 11.1. The Bertz CT molecular complexity index is 391. The fourth-order valence-corrected chi connectivity index (χ4v) is 2.65. The van der Waals surface area contributed by atoms with Crippen LogP contribution < -0.4 is 10.2 Å². The van der Waals surface area contributed by atoms with Gasteiger partial charge in [-0.3, -0.25) is 0 Å². The van der Waals surface area contributed by atoms with E-state index in [1.54, 1.807) is 12.1 Å². The second-order valence-electron chi connectivity index (χ2n) is 5.17. The summed E-state index contributed by atoms with van der Waals surface area (Å²) in [6, 6.07) is 6.73. The van der Waals surface area contributed by atoms with Gasteiger partial charge < -0.3 is 15.0 Å². The van der Waals surface area contributed by atoms with Crippen molar-refractivity contribution < 1.29 is 9.13 Å². The summed E-state index contributed by atoms with van der Waals surface area (Å²) >= 11 is 0. The lowest BCUT2D eigenvalue weighted by Crippen LogP contribution is -2.42. The molecule has 1 aliphatic rings. The Labute approximate surface area is 108 Å². The van der Waals surface area contributed by atoms with Gasteiger partial charge in [0, 0.05) is 37.8 Å². The van der Waals surface area contributed by atoms with Gasteiger partial charge in [0.1, 0.15) is 5.82 Å². The summed E-state index contributed by atoms with van der Waals surface area (Å²) in [4.78, 5) is 2.11. The number of hydrogen-bond donors (Lipinski definition) is 1. The molecule has 0 aliphatic carbocycles. The summed E-state index contributed by atoms with van der Waals surface area (Å²) in [6.07, 6.45) is 1.05. The molecule has 0 saturated carbocycles. The second-order valence-corrected chi connectivity index (χ2v) is 5.17. The van der Waals surface area contributed by atoms with Gasteiger partial charge in [-0.05, 0) is 31.7 Å². The molecule has 1 fully saturated rings. The first-order chi connectivity index (χ1) is 8.65. The highest BCUT2D eigenvalue weighted by Crippen LogP contribution is 2.30. The summed E-state index contributed by atoms with van der Waals surface area (Å²) in [7, 11) is 3.97. The lowest BCUT2D eigenvalue weighted by molar-refractivity contribution is 0.154. The van der Waals surface area contributed by atoms with Crippen LogP contribution in [-0.4, -0.2) is 40.4 Å². The molecule has 0 bridgehead atoms. The van der Waals surface area contributed by atoms with Crippen LogP contribution in [0.4, 0.5) is 10.1 Å². The van der Waals surface area contributed by atoms with Crippen LogP contribution >= 0.6 is 0 Å². The van der Waals surface area contributed by atoms with Crippen LogP contribution in [0.2, 0.25) is 0 Å². The third kappa shape index (κ3) is 3.00. The van der Waals surface area contributed by atoms with E-state index in [1.807, 2.05) is 20.2 Å². The van der Waals surface area contributed by atoms with Crippen LogP contribution in [0.1, 0.15) is 6.42 Å². The summed E-state index contributed by atoms with van der Waals surface area (Å²) in [5.41, 5.74) is 1.05. The first-order valence-electron chi connectivity index (χ1n) is 6.34. The zero-order chi connectivity index (χ0) is 13.0. The Kier molecular flexibility index (Phi) is 4.19. The lowest BCUT2D eigenvalue weighted by atomic mass is 9.86. The Hall–Kier alpha value is -1.13. The minimum atomic E-state index is -0.190. The molecule has 1 aromatic rings. The van der Waals surface area contributed by atoms with Crippen molar-refractivity contribution in [3.8, 4) is 0 Å². The average Bonchev–Trinajstić information content (AvgIpc) is 2.78. The number of benzene rings is 1. The molecular weight excluding hydrogens is 231 g/mol. The highest BCUT2D eigenvalue weighted by molar-refractivity contribution is 5.45. The summed E-state index contributed by atoms with van der Waals surface area (Å²) in [5.74, 6) is -0.190. The third-order valence-corrected chi connectivity index (χ3v) is 3.56. The maximum absolute atomic E-state index is 13.2. The molecule has 100 valence electrons. The average molecular weight is 252 g/mol. The topological polar surface area (TPSA) is 24.5 Å². The normalized spacial score (nSPS) is 23.3. The molecular formula is C14H21FN2O. The fraction of sp³-hybridized carbons (Fsp3) is 0.571. The monoisotopic (exact) mass is 252 g/mol. The predicted molar refractivity (Wildman–Crippen MR) is 71.5 cm³/mol. The van der Waals surface area contributed by atoms with E-state index in [-0.39, 0.29) is 11.2 Å². The highest BCUT2D eigenvalue weighted by Gasteiger charge is 2.35. The minimum absolute atomic E-state index is 0.135. The van der Waals surface area contributed by atoms with E-state index in [0.29, 0.717) is 0 Å². The predicted octanol–water partition coefficient (Wildman–Crippen LogP) is 1.89.